The number of carbonyl (C=O) groups excluding carboxylic acids is 1. The lowest BCUT2D eigenvalue weighted by molar-refractivity contribution is -0.124. The van der Waals surface area contributed by atoms with E-state index in [4.69, 9.17) is 16.3 Å². The van der Waals surface area contributed by atoms with Gasteiger partial charge in [0.1, 0.15) is 11.1 Å². The monoisotopic (exact) mass is 286 g/mol. The van der Waals surface area contributed by atoms with Crippen LogP contribution in [0.25, 0.3) is 0 Å². The van der Waals surface area contributed by atoms with Crippen molar-refractivity contribution in [3.8, 4) is 0 Å². The number of hydrogen-bond donors (Lipinski definition) is 2. The van der Waals surface area contributed by atoms with Gasteiger partial charge in [-0.2, -0.15) is 0 Å². The number of nitrogens with zero attached hydrogens (tertiary/aromatic N) is 2. The van der Waals surface area contributed by atoms with Crippen molar-refractivity contribution in [2.45, 2.75) is 13.0 Å². The minimum absolute atomic E-state index is 0.0151. The summed E-state index contributed by atoms with van der Waals surface area (Å²) in [4.78, 5) is 31.6. The predicted octanol–water partition coefficient (Wildman–Crippen LogP) is -0.235. The molecule has 1 atom stereocenters. The van der Waals surface area contributed by atoms with Crippen LogP contribution in [0.15, 0.2) is 11.1 Å². The first-order valence-corrected chi connectivity index (χ1v) is 6.38. The van der Waals surface area contributed by atoms with E-state index in [0.29, 0.717) is 25.5 Å². The van der Waals surface area contributed by atoms with Gasteiger partial charge in [-0.3, -0.25) is 9.59 Å². The molecule has 2 N–H and O–H groups in total. The second-order valence-corrected chi connectivity index (χ2v) is 4.43. The first-order chi connectivity index (χ1) is 9.15. The Balaban J connectivity index is 2.31. The minimum atomic E-state index is -0.527. The van der Waals surface area contributed by atoms with Crippen LogP contribution in [0.2, 0.25) is 5.02 Å². The van der Waals surface area contributed by atoms with Crippen LogP contribution in [0.4, 0.5) is 5.82 Å². The predicted molar refractivity (Wildman–Crippen MR) is 70.5 cm³/mol. The third kappa shape index (κ3) is 2.87. The van der Waals surface area contributed by atoms with Crippen molar-refractivity contribution in [1.82, 2.24) is 15.3 Å². The van der Waals surface area contributed by atoms with Crippen molar-refractivity contribution >= 4 is 23.3 Å². The van der Waals surface area contributed by atoms with Gasteiger partial charge < -0.3 is 19.9 Å². The summed E-state index contributed by atoms with van der Waals surface area (Å²) in [6.07, 6.45) is 1.27. The fraction of sp³-hybridized carbons (Fsp3) is 0.545. The molecule has 1 amide bonds. The van der Waals surface area contributed by atoms with Crippen molar-refractivity contribution in [2.24, 2.45) is 0 Å². The van der Waals surface area contributed by atoms with E-state index in [2.05, 4.69) is 15.3 Å². The van der Waals surface area contributed by atoms with Crippen LogP contribution < -0.4 is 15.8 Å². The van der Waals surface area contributed by atoms with Crippen LogP contribution in [0.3, 0.4) is 0 Å². The Kier molecular flexibility index (Phi) is 4.39. The van der Waals surface area contributed by atoms with Crippen molar-refractivity contribution in [2.75, 3.05) is 31.2 Å². The number of likely N-dealkylation sites (N-methyl/N-ethyl adjacent to an activating group) is 1. The van der Waals surface area contributed by atoms with E-state index in [1.165, 1.54) is 6.33 Å². The van der Waals surface area contributed by atoms with Crippen LogP contribution in [-0.4, -0.2) is 48.2 Å². The summed E-state index contributed by atoms with van der Waals surface area (Å²) in [5.41, 5.74) is -0.423. The summed E-state index contributed by atoms with van der Waals surface area (Å²) in [5.74, 6) is 0.144. The summed E-state index contributed by atoms with van der Waals surface area (Å²) < 4.78 is 5.31. The molecule has 1 unspecified atom stereocenters. The number of ether oxygens (including phenoxy) is 1. The van der Waals surface area contributed by atoms with Gasteiger partial charge in [-0.25, -0.2) is 4.98 Å². The number of morpholine rings is 1. The largest absolute Gasteiger partial charge is 0.377 e. The molecule has 8 heteroatoms. The van der Waals surface area contributed by atoms with Crippen LogP contribution in [0.5, 0.6) is 0 Å². The molecular weight excluding hydrogens is 272 g/mol. The van der Waals surface area contributed by atoms with Gasteiger partial charge >= 0.3 is 0 Å². The zero-order valence-corrected chi connectivity index (χ0v) is 11.2. The average Bonchev–Trinajstić information content (AvgIpc) is 2.42. The number of aromatic amines is 1. The topological polar surface area (TPSA) is 87.3 Å². The maximum absolute atomic E-state index is 12.0. The Morgan fingerprint density at radius 1 is 1.74 bits per heavy atom. The van der Waals surface area contributed by atoms with E-state index in [9.17, 15) is 9.59 Å². The highest BCUT2D eigenvalue weighted by molar-refractivity contribution is 6.32. The van der Waals surface area contributed by atoms with Crippen molar-refractivity contribution in [1.29, 1.82) is 0 Å². The molecule has 0 spiro atoms. The second-order valence-electron chi connectivity index (χ2n) is 4.05. The van der Waals surface area contributed by atoms with Gasteiger partial charge in [-0.15, -0.1) is 0 Å². The van der Waals surface area contributed by atoms with Crippen LogP contribution >= 0.6 is 11.6 Å². The lowest BCUT2D eigenvalue weighted by Crippen LogP contribution is -2.54. The van der Waals surface area contributed by atoms with E-state index in [-0.39, 0.29) is 17.5 Å². The number of carbonyl (C=O) groups is 1. The fourth-order valence-electron chi connectivity index (χ4n) is 1.94. The molecule has 104 valence electrons. The molecule has 0 radical (unpaired) electrons. The van der Waals surface area contributed by atoms with Crippen LogP contribution in [-0.2, 0) is 9.53 Å². The molecule has 0 aliphatic carbocycles. The highest BCUT2D eigenvalue weighted by Crippen LogP contribution is 2.22. The summed E-state index contributed by atoms with van der Waals surface area (Å²) in [6.45, 7) is 3.53. The molecular formula is C11H15ClN4O3. The van der Waals surface area contributed by atoms with Gasteiger partial charge in [0.05, 0.1) is 19.5 Å². The maximum atomic E-state index is 12.0. The SMILES string of the molecule is CCNC(=O)C1COCCN1c1nc[nH]c(=O)c1Cl. The standard InChI is InChI=1S/C11H15ClN4O3/c1-2-13-10(17)7-5-19-4-3-16(7)9-8(12)11(18)15-6-14-9/h6-7H,2-5H2,1H3,(H,13,17)(H,14,15,18). The zero-order valence-electron chi connectivity index (χ0n) is 10.5. The van der Waals surface area contributed by atoms with E-state index in [1.54, 1.807) is 4.90 Å². The molecule has 1 aliphatic heterocycles. The normalized spacial score (nSPS) is 19.3. The number of halogens is 1. The number of hydrogen-bond acceptors (Lipinski definition) is 5. The summed E-state index contributed by atoms with van der Waals surface area (Å²) in [6, 6.07) is -0.527. The molecule has 1 aromatic rings. The molecule has 2 rings (SSSR count). The summed E-state index contributed by atoms with van der Waals surface area (Å²) in [7, 11) is 0. The fourth-order valence-corrected chi connectivity index (χ4v) is 2.15. The molecule has 19 heavy (non-hydrogen) atoms. The number of rotatable bonds is 3. The first kappa shape index (κ1) is 13.8. The van der Waals surface area contributed by atoms with Crippen molar-refractivity contribution in [3.63, 3.8) is 0 Å². The molecule has 7 nitrogen and oxygen atoms in total. The number of amides is 1. The second kappa shape index (κ2) is 6.03. The third-order valence-corrected chi connectivity index (χ3v) is 3.17. The van der Waals surface area contributed by atoms with E-state index < -0.39 is 11.6 Å². The molecule has 0 saturated carbocycles. The lowest BCUT2D eigenvalue weighted by atomic mass is 10.2. The van der Waals surface area contributed by atoms with Gasteiger partial charge in [-0.05, 0) is 6.92 Å². The average molecular weight is 287 g/mol. The third-order valence-electron chi connectivity index (χ3n) is 2.83. The van der Waals surface area contributed by atoms with E-state index >= 15 is 0 Å². The Labute approximate surface area is 114 Å². The smallest absolute Gasteiger partial charge is 0.271 e. The van der Waals surface area contributed by atoms with E-state index in [1.807, 2.05) is 6.92 Å². The molecule has 2 heterocycles. The van der Waals surface area contributed by atoms with Gasteiger partial charge in [-0.1, -0.05) is 11.6 Å². The minimum Gasteiger partial charge on any atom is -0.377 e. The Morgan fingerprint density at radius 3 is 3.26 bits per heavy atom. The highest BCUT2D eigenvalue weighted by atomic mass is 35.5. The van der Waals surface area contributed by atoms with Gasteiger partial charge in [0.25, 0.3) is 5.56 Å². The number of H-pyrrole nitrogens is 1. The summed E-state index contributed by atoms with van der Waals surface area (Å²) in [5, 5.41) is 2.72. The van der Waals surface area contributed by atoms with Gasteiger partial charge in [0.15, 0.2) is 5.82 Å². The van der Waals surface area contributed by atoms with Crippen molar-refractivity contribution in [3.05, 3.63) is 21.7 Å². The quantitative estimate of drug-likeness (QED) is 0.801. The molecule has 0 aromatic carbocycles. The van der Waals surface area contributed by atoms with E-state index in [0.717, 1.165) is 0 Å². The maximum Gasteiger partial charge on any atom is 0.271 e. The molecule has 1 fully saturated rings. The zero-order chi connectivity index (χ0) is 13.8. The van der Waals surface area contributed by atoms with Gasteiger partial charge in [0.2, 0.25) is 5.91 Å². The lowest BCUT2D eigenvalue weighted by Gasteiger charge is -2.35. The van der Waals surface area contributed by atoms with Crippen LogP contribution in [0, 0.1) is 0 Å². The molecule has 1 aromatic heterocycles. The van der Waals surface area contributed by atoms with Gasteiger partial charge in [0, 0.05) is 13.1 Å². The van der Waals surface area contributed by atoms with Crippen LogP contribution in [0.1, 0.15) is 6.92 Å². The first-order valence-electron chi connectivity index (χ1n) is 6.00. The molecule has 0 bridgehead atoms. The molecule has 1 aliphatic rings. The number of aromatic nitrogens is 2. The Bertz CT molecular complexity index is 519. The van der Waals surface area contributed by atoms with Crippen molar-refractivity contribution < 1.29 is 9.53 Å². The molecule has 1 saturated heterocycles. The Hall–Kier alpha value is -1.60. The number of anilines is 1. The Morgan fingerprint density at radius 2 is 2.53 bits per heavy atom. The number of nitrogens with one attached hydrogen (secondary N) is 2. The summed E-state index contributed by atoms with van der Waals surface area (Å²) >= 11 is 5.95. The highest BCUT2D eigenvalue weighted by Gasteiger charge is 2.31.